The molecule has 1 heterocycles. The monoisotopic (exact) mass is 444 g/mol. The number of carbonyl (C=O) groups excluding carboxylic acids is 4. The molecule has 1 unspecified atom stereocenters. The molecule has 1 aliphatic heterocycles. The zero-order valence-electron chi connectivity index (χ0n) is 18.6. The first-order valence-electron chi connectivity index (χ1n) is 10.5. The molecular formula is C25H24N4O4. The van der Waals surface area contributed by atoms with Gasteiger partial charge in [-0.15, -0.1) is 0 Å². The molecule has 168 valence electrons. The largest absolute Gasteiger partial charge is 0.325 e. The lowest BCUT2D eigenvalue weighted by atomic mass is 9.88. The van der Waals surface area contributed by atoms with E-state index in [-0.39, 0.29) is 0 Å². The van der Waals surface area contributed by atoms with Gasteiger partial charge in [0.1, 0.15) is 12.1 Å². The molecule has 0 aromatic heterocycles. The van der Waals surface area contributed by atoms with Gasteiger partial charge in [-0.1, -0.05) is 48.5 Å². The average Bonchev–Trinajstić information content (AvgIpc) is 2.99. The highest BCUT2D eigenvalue weighted by molar-refractivity contribution is 6.12. The summed E-state index contributed by atoms with van der Waals surface area (Å²) in [7, 11) is 0. The zero-order chi connectivity index (χ0) is 23.8. The summed E-state index contributed by atoms with van der Waals surface area (Å²) in [6.45, 7) is 4.89. The van der Waals surface area contributed by atoms with Crippen LogP contribution in [0, 0.1) is 13.8 Å². The Hall–Kier alpha value is -4.20. The lowest BCUT2D eigenvalue weighted by molar-refractivity contribution is -0.134. The lowest BCUT2D eigenvalue weighted by Gasteiger charge is -2.24. The van der Waals surface area contributed by atoms with Crippen LogP contribution in [0.5, 0.6) is 0 Å². The molecule has 0 radical (unpaired) electrons. The molecule has 0 spiro atoms. The first-order valence-corrected chi connectivity index (χ1v) is 10.5. The quantitative estimate of drug-likeness (QED) is 0.535. The third-order valence-electron chi connectivity index (χ3n) is 5.92. The Morgan fingerprint density at radius 1 is 0.970 bits per heavy atom. The van der Waals surface area contributed by atoms with Gasteiger partial charge >= 0.3 is 12.1 Å². The third-order valence-corrected chi connectivity index (χ3v) is 5.92. The maximum absolute atomic E-state index is 13.2. The van der Waals surface area contributed by atoms with Crippen LogP contribution >= 0.6 is 0 Å². The number of rotatable bonds is 4. The molecule has 1 atom stereocenters. The maximum Gasteiger partial charge on any atom is 0.325 e. The fraction of sp³-hybridized carbons (Fsp3) is 0.200. The first kappa shape index (κ1) is 22.0. The first-order chi connectivity index (χ1) is 15.7. The van der Waals surface area contributed by atoms with Crippen molar-refractivity contribution in [3.8, 4) is 0 Å². The van der Waals surface area contributed by atoms with E-state index in [0.29, 0.717) is 11.3 Å². The molecule has 1 saturated heterocycles. The van der Waals surface area contributed by atoms with Crippen LogP contribution in [0.4, 0.5) is 15.3 Å². The van der Waals surface area contributed by atoms with E-state index in [9.17, 15) is 19.2 Å². The summed E-state index contributed by atoms with van der Waals surface area (Å²) in [5.74, 6) is -1.34. The van der Waals surface area contributed by atoms with Crippen molar-refractivity contribution >= 4 is 40.3 Å². The van der Waals surface area contributed by atoms with E-state index in [2.05, 4.69) is 16.0 Å². The lowest BCUT2D eigenvalue weighted by Crippen LogP contribution is -2.45. The van der Waals surface area contributed by atoms with Gasteiger partial charge in [0.05, 0.1) is 0 Å². The predicted molar refractivity (Wildman–Crippen MR) is 125 cm³/mol. The number of fused-ring (bicyclic) bond motifs is 1. The minimum absolute atomic E-state index is 0.530. The maximum atomic E-state index is 13.2. The second-order valence-electron chi connectivity index (χ2n) is 8.27. The van der Waals surface area contributed by atoms with Crippen molar-refractivity contribution in [2.45, 2.75) is 26.3 Å². The van der Waals surface area contributed by atoms with Crippen molar-refractivity contribution in [1.29, 1.82) is 0 Å². The van der Waals surface area contributed by atoms with Crippen molar-refractivity contribution in [1.82, 2.24) is 15.5 Å². The van der Waals surface area contributed by atoms with E-state index in [1.165, 1.54) is 0 Å². The minimum atomic E-state index is -1.33. The van der Waals surface area contributed by atoms with Gasteiger partial charge in [0.15, 0.2) is 0 Å². The summed E-state index contributed by atoms with van der Waals surface area (Å²) in [6, 6.07) is 17.0. The van der Waals surface area contributed by atoms with Gasteiger partial charge in [-0.25, -0.2) is 9.59 Å². The minimum Gasteiger partial charge on any atom is -0.319 e. The van der Waals surface area contributed by atoms with E-state index in [1.807, 2.05) is 56.3 Å². The molecule has 33 heavy (non-hydrogen) atoms. The van der Waals surface area contributed by atoms with E-state index >= 15 is 0 Å². The summed E-state index contributed by atoms with van der Waals surface area (Å²) in [5.41, 5.74) is 1.90. The highest BCUT2D eigenvalue weighted by atomic mass is 16.2. The number of aryl methyl sites for hydroxylation is 2. The van der Waals surface area contributed by atoms with Gasteiger partial charge in [0, 0.05) is 5.69 Å². The Bertz CT molecular complexity index is 1300. The van der Waals surface area contributed by atoms with Crippen LogP contribution in [0.2, 0.25) is 0 Å². The molecule has 3 aromatic rings. The number of amides is 6. The fourth-order valence-electron chi connectivity index (χ4n) is 3.98. The van der Waals surface area contributed by atoms with Gasteiger partial charge in [-0.05, 0) is 60.4 Å². The number of hydrogen-bond donors (Lipinski definition) is 3. The number of carbonyl (C=O) groups is 4. The molecule has 8 heteroatoms. The van der Waals surface area contributed by atoms with Crippen LogP contribution < -0.4 is 16.0 Å². The number of nitrogens with one attached hydrogen (secondary N) is 3. The number of imide groups is 2. The highest BCUT2D eigenvalue weighted by Gasteiger charge is 2.50. The topological polar surface area (TPSA) is 108 Å². The Kier molecular flexibility index (Phi) is 5.59. The van der Waals surface area contributed by atoms with Gasteiger partial charge in [0.2, 0.25) is 5.91 Å². The molecule has 6 amide bonds. The summed E-state index contributed by atoms with van der Waals surface area (Å²) in [4.78, 5) is 51.3. The van der Waals surface area contributed by atoms with Crippen molar-refractivity contribution in [3.05, 3.63) is 77.4 Å². The Morgan fingerprint density at radius 2 is 1.70 bits per heavy atom. The summed E-state index contributed by atoms with van der Waals surface area (Å²) < 4.78 is 0. The molecule has 0 saturated carbocycles. The predicted octanol–water partition coefficient (Wildman–Crippen LogP) is 3.57. The third kappa shape index (κ3) is 4.15. The molecule has 1 fully saturated rings. The SMILES string of the molecule is Cc1ccc(NC(=O)NC(=O)CN2C(=O)NC(C)(c3cccc4ccccc34)C2=O)cc1C. The van der Waals surface area contributed by atoms with Crippen molar-refractivity contribution in [2.24, 2.45) is 0 Å². The van der Waals surface area contributed by atoms with Gasteiger partial charge in [0.25, 0.3) is 5.91 Å². The van der Waals surface area contributed by atoms with Crippen LogP contribution in [0.15, 0.2) is 60.7 Å². The van der Waals surface area contributed by atoms with Crippen LogP contribution in [0.25, 0.3) is 10.8 Å². The standard InChI is InChI=1S/C25H24N4O4/c1-15-11-12-18(13-16(15)2)26-23(32)27-21(30)14-29-22(31)25(3,28-24(29)33)20-10-6-8-17-7-4-5-9-19(17)20/h4-13H,14H2,1-3H3,(H,28,33)(H2,26,27,30,32). The van der Waals surface area contributed by atoms with Gasteiger partial charge < -0.3 is 10.6 Å². The Labute approximate surface area is 191 Å². The van der Waals surface area contributed by atoms with Crippen molar-refractivity contribution < 1.29 is 19.2 Å². The normalized spacial score (nSPS) is 17.7. The summed E-state index contributed by atoms with van der Waals surface area (Å²) >= 11 is 0. The summed E-state index contributed by atoms with van der Waals surface area (Å²) in [6.07, 6.45) is 0. The average molecular weight is 444 g/mol. The van der Waals surface area contributed by atoms with Crippen LogP contribution in [-0.2, 0) is 15.1 Å². The van der Waals surface area contributed by atoms with E-state index in [4.69, 9.17) is 0 Å². The summed E-state index contributed by atoms with van der Waals surface area (Å²) in [5, 5.41) is 9.20. The van der Waals surface area contributed by atoms with Gasteiger partial charge in [-0.2, -0.15) is 0 Å². The fourth-order valence-corrected chi connectivity index (χ4v) is 3.98. The molecule has 8 nitrogen and oxygen atoms in total. The zero-order valence-corrected chi connectivity index (χ0v) is 18.6. The number of urea groups is 2. The number of anilines is 1. The molecule has 3 N–H and O–H groups in total. The number of benzene rings is 3. The second kappa shape index (κ2) is 8.38. The molecule has 0 aliphatic carbocycles. The van der Waals surface area contributed by atoms with Crippen LogP contribution in [-0.4, -0.2) is 35.3 Å². The molecule has 0 bridgehead atoms. The Balaban J connectivity index is 1.47. The molecule has 3 aromatic carbocycles. The second-order valence-corrected chi connectivity index (χ2v) is 8.27. The van der Waals surface area contributed by atoms with E-state index < -0.39 is 36.0 Å². The highest BCUT2D eigenvalue weighted by Crippen LogP contribution is 2.33. The smallest absolute Gasteiger partial charge is 0.319 e. The number of hydrogen-bond acceptors (Lipinski definition) is 4. The molecule has 4 rings (SSSR count). The van der Waals surface area contributed by atoms with E-state index in [0.717, 1.165) is 26.8 Å². The van der Waals surface area contributed by atoms with Gasteiger partial charge in [-0.3, -0.25) is 19.8 Å². The Morgan fingerprint density at radius 3 is 2.45 bits per heavy atom. The van der Waals surface area contributed by atoms with Crippen molar-refractivity contribution in [2.75, 3.05) is 11.9 Å². The van der Waals surface area contributed by atoms with Crippen LogP contribution in [0.3, 0.4) is 0 Å². The molecular weight excluding hydrogens is 420 g/mol. The van der Waals surface area contributed by atoms with Crippen LogP contribution in [0.1, 0.15) is 23.6 Å². The van der Waals surface area contributed by atoms with E-state index in [1.54, 1.807) is 25.1 Å². The van der Waals surface area contributed by atoms with Crippen molar-refractivity contribution in [3.63, 3.8) is 0 Å². The number of nitrogens with zero attached hydrogens (tertiary/aromatic N) is 1. The molecule has 1 aliphatic rings.